The minimum atomic E-state index is -3.53. The first-order valence-corrected chi connectivity index (χ1v) is 9.62. The summed E-state index contributed by atoms with van der Waals surface area (Å²) in [6, 6.07) is 9.25. The van der Waals surface area contributed by atoms with Crippen LogP contribution in [-0.2, 0) is 23.0 Å². The summed E-state index contributed by atoms with van der Waals surface area (Å²) < 4.78 is 38.4. The van der Waals surface area contributed by atoms with E-state index in [0.717, 1.165) is 22.3 Å². The number of hydrogen-bond acceptors (Lipinski definition) is 4. The lowest BCUT2D eigenvalue weighted by Gasteiger charge is -2.29. The van der Waals surface area contributed by atoms with Crippen LogP contribution in [0.25, 0.3) is 0 Å². The van der Waals surface area contributed by atoms with Crippen molar-refractivity contribution >= 4 is 10.0 Å². The molecule has 0 amide bonds. The number of ether oxygens (including phenoxy) is 2. The zero-order valence-electron chi connectivity index (χ0n) is 15.0. The monoisotopic (exact) mass is 361 g/mol. The Bertz CT molecular complexity index is 906. The molecule has 0 radical (unpaired) electrons. The molecule has 0 unspecified atom stereocenters. The maximum absolute atomic E-state index is 13.1. The van der Waals surface area contributed by atoms with Crippen molar-refractivity contribution in [2.45, 2.75) is 31.7 Å². The van der Waals surface area contributed by atoms with Gasteiger partial charge in [0, 0.05) is 13.1 Å². The normalized spacial score (nSPS) is 14.9. The predicted molar refractivity (Wildman–Crippen MR) is 96.8 cm³/mol. The van der Waals surface area contributed by atoms with Crippen LogP contribution in [0.3, 0.4) is 0 Å². The van der Waals surface area contributed by atoms with Crippen LogP contribution in [0.4, 0.5) is 0 Å². The van der Waals surface area contributed by atoms with Crippen LogP contribution in [-0.4, -0.2) is 33.5 Å². The molecule has 0 aromatic heterocycles. The van der Waals surface area contributed by atoms with Gasteiger partial charge in [-0.3, -0.25) is 0 Å². The van der Waals surface area contributed by atoms with E-state index < -0.39 is 10.0 Å². The van der Waals surface area contributed by atoms with Gasteiger partial charge in [0.05, 0.1) is 19.1 Å². The van der Waals surface area contributed by atoms with Gasteiger partial charge >= 0.3 is 0 Å². The molecular weight excluding hydrogens is 338 g/mol. The first-order chi connectivity index (χ1) is 11.9. The molecule has 1 aliphatic heterocycles. The van der Waals surface area contributed by atoms with Gasteiger partial charge in [0.25, 0.3) is 0 Å². The Kier molecular flexibility index (Phi) is 4.75. The molecule has 0 N–H and O–H groups in total. The number of sulfonamides is 1. The van der Waals surface area contributed by atoms with E-state index in [1.54, 1.807) is 24.6 Å². The van der Waals surface area contributed by atoms with Crippen LogP contribution in [0, 0.1) is 13.8 Å². The molecule has 25 heavy (non-hydrogen) atoms. The average Bonchev–Trinajstić information content (AvgIpc) is 2.59. The van der Waals surface area contributed by atoms with Crippen molar-refractivity contribution in [1.29, 1.82) is 0 Å². The van der Waals surface area contributed by atoms with Gasteiger partial charge in [-0.15, -0.1) is 0 Å². The minimum absolute atomic E-state index is 0.339. The third-order valence-corrected chi connectivity index (χ3v) is 6.64. The quantitative estimate of drug-likeness (QED) is 0.840. The summed E-state index contributed by atoms with van der Waals surface area (Å²) in [4.78, 5) is 0.377. The Labute approximate surface area is 149 Å². The van der Waals surface area contributed by atoms with Gasteiger partial charge in [-0.2, -0.15) is 4.31 Å². The van der Waals surface area contributed by atoms with Crippen molar-refractivity contribution in [3.8, 4) is 11.5 Å². The van der Waals surface area contributed by atoms with Crippen molar-refractivity contribution in [2.75, 3.05) is 20.8 Å². The smallest absolute Gasteiger partial charge is 0.243 e. The van der Waals surface area contributed by atoms with Gasteiger partial charge < -0.3 is 9.47 Å². The van der Waals surface area contributed by atoms with Gasteiger partial charge in [-0.05, 0) is 55.2 Å². The summed E-state index contributed by atoms with van der Waals surface area (Å²) >= 11 is 0. The lowest BCUT2D eigenvalue weighted by atomic mass is 10.0. The van der Waals surface area contributed by atoms with Gasteiger partial charge in [0.15, 0.2) is 11.5 Å². The second-order valence-electron chi connectivity index (χ2n) is 6.33. The highest BCUT2D eigenvalue weighted by Crippen LogP contribution is 2.34. The predicted octanol–water partition coefficient (Wildman–Crippen LogP) is 3.07. The van der Waals surface area contributed by atoms with Crippen molar-refractivity contribution in [2.24, 2.45) is 0 Å². The molecule has 5 nitrogen and oxygen atoms in total. The molecule has 0 saturated heterocycles. The molecule has 3 rings (SSSR count). The molecule has 2 aromatic rings. The van der Waals surface area contributed by atoms with E-state index in [1.807, 2.05) is 38.1 Å². The fourth-order valence-corrected chi connectivity index (χ4v) is 4.91. The number of nitrogens with zero attached hydrogens (tertiary/aromatic N) is 1. The number of rotatable bonds is 4. The number of benzene rings is 2. The first kappa shape index (κ1) is 17.8. The van der Waals surface area contributed by atoms with Crippen LogP contribution in [0.15, 0.2) is 35.2 Å². The van der Waals surface area contributed by atoms with E-state index in [9.17, 15) is 8.42 Å². The molecule has 2 aromatic carbocycles. The molecule has 134 valence electrons. The summed E-state index contributed by atoms with van der Waals surface area (Å²) in [7, 11) is -0.344. The fraction of sp³-hybridized carbons (Fsp3) is 0.368. The Balaban J connectivity index is 1.96. The molecule has 0 fully saturated rings. The maximum Gasteiger partial charge on any atom is 0.243 e. The molecule has 0 bridgehead atoms. The number of aryl methyl sites for hydroxylation is 2. The topological polar surface area (TPSA) is 55.8 Å². The van der Waals surface area contributed by atoms with Crippen LogP contribution >= 0.6 is 0 Å². The second-order valence-corrected chi connectivity index (χ2v) is 8.24. The Morgan fingerprint density at radius 1 is 0.960 bits per heavy atom. The van der Waals surface area contributed by atoms with Crippen LogP contribution < -0.4 is 9.47 Å². The van der Waals surface area contributed by atoms with Crippen molar-refractivity contribution < 1.29 is 17.9 Å². The van der Waals surface area contributed by atoms with Gasteiger partial charge in [-0.1, -0.05) is 17.7 Å². The zero-order chi connectivity index (χ0) is 18.2. The largest absolute Gasteiger partial charge is 0.493 e. The van der Waals surface area contributed by atoms with Crippen molar-refractivity contribution in [3.05, 3.63) is 52.6 Å². The van der Waals surface area contributed by atoms with E-state index in [0.29, 0.717) is 35.9 Å². The van der Waals surface area contributed by atoms with Crippen LogP contribution in [0.5, 0.6) is 11.5 Å². The summed E-state index contributed by atoms with van der Waals surface area (Å²) in [5, 5.41) is 0. The van der Waals surface area contributed by atoms with Crippen molar-refractivity contribution in [1.82, 2.24) is 4.31 Å². The third-order valence-electron chi connectivity index (χ3n) is 4.63. The lowest BCUT2D eigenvalue weighted by Crippen LogP contribution is -2.36. The molecule has 1 heterocycles. The zero-order valence-corrected chi connectivity index (χ0v) is 15.8. The van der Waals surface area contributed by atoms with Crippen LogP contribution in [0.1, 0.15) is 22.3 Å². The third kappa shape index (κ3) is 3.24. The average molecular weight is 361 g/mol. The molecule has 0 spiro atoms. The van der Waals surface area contributed by atoms with E-state index in [4.69, 9.17) is 9.47 Å². The second kappa shape index (κ2) is 6.69. The molecular formula is C19H23NO4S. The van der Waals surface area contributed by atoms with Crippen molar-refractivity contribution in [3.63, 3.8) is 0 Å². The number of hydrogen-bond donors (Lipinski definition) is 0. The van der Waals surface area contributed by atoms with Gasteiger partial charge in [-0.25, -0.2) is 8.42 Å². The highest BCUT2D eigenvalue weighted by molar-refractivity contribution is 7.89. The van der Waals surface area contributed by atoms with E-state index in [1.165, 1.54) is 0 Å². The first-order valence-electron chi connectivity index (χ1n) is 8.18. The van der Waals surface area contributed by atoms with Gasteiger partial charge in [0.1, 0.15) is 0 Å². The molecule has 1 aliphatic rings. The van der Waals surface area contributed by atoms with E-state index >= 15 is 0 Å². The Morgan fingerprint density at radius 3 is 2.20 bits per heavy atom. The molecule has 6 heteroatoms. The summed E-state index contributed by atoms with van der Waals surface area (Å²) in [6.45, 7) is 4.59. The molecule has 0 atom stereocenters. The summed E-state index contributed by atoms with van der Waals surface area (Å²) in [5.74, 6) is 1.29. The summed E-state index contributed by atoms with van der Waals surface area (Å²) in [5.41, 5.74) is 3.89. The molecule has 0 aliphatic carbocycles. The highest BCUT2D eigenvalue weighted by atomic mass is 32.2. The van der Waals surface area contributed by atoms with Crippen LogP contribution in [0.2, 0.25) is 0 Å². The standard InChI is InChI=1S/C19H23NO4S/c1-13-5-6-19(14(2)9-13)25(21,22)20-8-7-15-10-17(23-3)18(24-4)11-16(15)12-20/h5-6,9-11H,7-8,12H2,1-4H3. The maximum atomic E-state index is 13.1. The fourth-order valence-electron chi connectivity index (χ4n) is 3.29. The molecule has 0 saturated carbocycles. The van der Waals surface area contributed by atoms with E-state index in [2.05, 4.69) is 0 Å². The SMILES string of the molecule is COc1cc2c(cc1OC)CN(S(=O)(=O)c1ccc(C)cc1C)CC2. The Hall–Kier alpha value is -2.05. The highest BCUT2D eigenvalue weighted by Gasteiger charge is 2.30. The summed E-state index contributed by atoms with van der Waals surface area (Å²) in [6.07, 6.45) is 0.653. The lowest BCUT2D eigenvalue weighted by molar-refractivity contribution is 0.348. The number of methoxy groups -OCH3 is 2. The minimum Gasteiger partial charge on any atom is -0.493 e. The van der Waals surface area contributed by atoms with Gasteiger partial charge in [0.2, 0.25) is 10.0 Å². The Morgan fingerprint density at radius 2 is 1.60 bits per heavy atom. The van der Waals surface area contributed by atoms with E-state index in [-0.39, 0.29) is 0 Å². The number of fused-ring (bicyclic) bond motifs is 1.